The van der Waals surface area contributed by atoms with Crippen molar-refractivity contribution in [2.24, 2.45) is 5.73 Å². The molecule has 3 nitrogen and oxygen atoms in total. The molecule has 0 bridgehead atoms. The van der Waals surface area contributed by atoms with Crippen LogP contribution in [0.3, 0.4) is 0 Å². The highest BCUT2D eigenvalue weighted by atomic mass is 19.1. The maximum Gasteiger partial charge on any atom is 0.133 e. The highest BCUT2D eigenvalue weighted by molar-refractivity contribution is 5.60. The van der Waals surface area contributed by atoms with Crippen LogP contribution in [-0.2, 0) is 6.54 Å². The van der Waals surface area contributed by atoms with Gasteiger partial charge in [-0.15, -0.1) is 0 Å². The first-order valence-corrected chi connectivity index (χ1v) is 6.34. The highest BCUT2D eigenvalue weighted by Crippen LogP contribution is 2.24. The Kier molecular flexibility index (Phi) is 4.12. The Hall–Kier alpha value is -1.94. The van der Waals surface area contributed by atoms with Crippen molar-refractivity contribution >= 4 is 11.5 Å². The molecule has 1 heterocycles. The first-order chi connectivity index (χ1) is 9.13. The molecule has 0 atom stereocenters. The van der Waals surface area contributed by atoms with Gasteiger partial charge in [-0.25, -0.2) is 9.37 Å². The van der Waals surface area contributed by atoms with E-state index in [1.165, 1.54) is 12.1 Å². The van der Waals surface area contributed by atoms with Crippen molar-refractivity contribution in [3.63, 3.8) is 0 Å². The maximum absolute atomic E-state index is 13.0. The molecule has 0 aliphatic heterocycles. The Bertz CT molecular complexity index is 552. The van der Waals surface area contributed by atoms with E-state index in [2.05, 4.69) is 4.98 Å². The third-order valence-electron chi connectivity index (χ3n) is 2.97. The predicted molar refractivity (Wildman–Crippen MR) is 75.9 cm³/mol. The molecule has 1 aromatic carbocycles. The first-order valence-electron chi connectivity index (χ1n) is 6.34. The molecule has 0 fully saturated rings. The van der Waals surface area contributed by atoms with Crippen LogP contribution in [-0.4, -0.2) is 11.5 Å². The fourth-order valence-corrected chi connectivity index (χ4v) is 2.08. The fourth-order valence-electron chi connectivity index (χ4n) is 2.08. The monoisotopic (exact) mass is 259 g/mol. The Morgan fingerprint density at radius 2 is 1.89 bits per heavy atom. The molecule has 0 amide bonds. The number of aromatic nitrogens is 1. The molecule has 2 rings (SSSR count). The summed E-state index contributed by atoms with van der Waals surface area (Å²) in [6.07, 6.45) is 0. The summed E-state index contributed by atoms with van der Waals surface area (Å²) in [6.45, 7) is 5.22. The maximum atomic E-state index is 13.0. The summed E-state index contributed by atoms with van der Waals surface area (Å²) < 4.78 is 13.0. The SMILES string of the molecule is CCN(c1ccc(F)cc1)c1cc(CN)cc(C)n1. The molecule has 0 aliphatic carbocycles. The summed E-state index contributed by atoms with van der Waals surface area (Å²) in [5.74, 6) is 0.606. The largest absolute Gasteiger partial charge is 0.327 e. The van der Waals surface area contributed by atoms with Crippen LogP contribution in [0.1, 0.15) is 18.2 Å². The van der Waals surface area contributed by atoms with Gasteiger partial charge in [-0.05, 0) is 55.8 Å². The molecule has 0 spiro atoms. The number of aryl methyl sites for hydroxylation is 1. The molecule has 1 aromatic heterocycles. The smallest absolute Gasteiger partial charge is 0.133 e. The fraction of sp³-hybridized carbons (Fsp3) is 0.267. The number of halogens is 1. The van der Waals surface area contributed by atoms with Gasteiger partial charge in [-0.3, -0.25) is 0 Å². The minimum Gasteiger partial charge on any atom is -0.327 e. The van der Waals surface area contributed by atoms with Crippen LogP contribution in [0.2, 0.25) is 0 Å². The van der Waals surface area contributed by atoms with Gasteiger partial charge in [0, 0.05) is 24.5 Å². The average molecular weight is 259 g/mol. The molecule has 100 valence electrons. The van der Waals surface area contributed by atoms with Gasteiger partial charge in [0.05, 0.1) is 0 Å². The first kappa shape index (κ1) is 13.5. The van der Waals surface area contributed by atoms with Gasteiger partial charge in [0.1, 0.15) is 11.6 Å². The van der Waals surface area contributed by atoms with E-state index < -0.39 is 0 Å². The van der Waals surface area contributed by atoms with Crippen molar-refractivity contribution in [3.8, 4) is 0 Å². The number of benzene rings is 1. The van der Waals surface area contributed by atoms with E-state index in [9.17, 15) is 4.39 Å². The van der Waals surface area contributed by atoms with E-state index in [0.29, 0.717) is 6.54 Å². The lowest BCUT2D eigenvalue weighted by atomic mass is 10.2. The summed E-state index contributed by atoms with van der Waals surface area (Å²) in [6, 6.07) is 10.4. The van der Waals surface area contributed by atoms with Crippen molar-refractivity contribution in [2.75, 3.05) is 11.4 Å². The van der Waals surface area contributed by atoms with Gasteiger partial charge in [0.25, 0.3) is 0 Å². The second-order valence-electron chi connectivity index (χ2n) is 4.40. The molecular formula is C15H18FN3. The molecule has 2 N–H and O–H groups in total. The van der Waals surface area contributed by atoms with E-state index in [4.69, 9.17) is 5.73 Å². The standard InChI is InChI=1S/C15H18FN3/c1-3-19(14-6-4-13(16)5-7-14)15-9-12(10-17)8-11(2)18-15/h4-9H,3,10,17H2,1-2H3. The minimum atomic E-state index is -0.236. The topological polar surface area (TPSA) is 42.1 Å². The average Bonchev–Trinajstić information content (AvgIpc) is 2.41. The molecule has 2 aromatic rings. The summed E-state index contributed by atoms with van der Waals surface area (Å²) in [7, 11) is 0. The van der Waals surface area contributed by atoms with Crippen LogP contribution in [0.5, 0.6) is 0 Å². The minimum absolute atomic E-state index is 0.236. The summed E-state index contributed by atoms with van der Waals surface area (Å²) in [5.41, 5.74) is 8.59. The Balaban J connectivity index is 2.41. The van der Waals surface area contributed by atoms with Crippen LogP contribution in [0.25, 0.3) is 0 Å². The number of rotatable bonds is 4. The lowest BCUT2D eigenvalue weighted by Gasteiger charge is -2.23. The van der Waals surface area contributed by atoms with Crippen LogP contribution >= 0.6 is 0 Å². The zero-order chi connectivity index (χ0) is 13.8. The van der Waals surface area contributed by atoms with Gasteiger partial charge >= 0.3 is 0 Å². The van der Waals surface area contributed by atoms with E-state index in [-0.39, 0.29) is 5.82 Å². The number of nitrogens with two attached hydrogens (primary N) is 1. The van der Waals surface area contributed by atoms with E-state index >= 15 is 0 Å². The molecule has 4 heteroatoms. The van der Waals surface area contributed by atoms with Gasteiger partial charge in [-0.1, -0.05) is 0 Å². The summed E-state index contributed by atoms with van der Waals surface area (Å²) >= 11 is 0. The molecule has 0 unspecified atom stereocenters. The third-order valence-corrected chi connectivity index (χ3v) is 2.97. The number of hydrogen-bond acceptors (Lipinski definition) is 3. The molecule has 0 saturated carbocycles. The van der Waals surface area contributed by atoms with Gasteiger partial charge in [-0.2, -0.15) is 0 Å². The normalized spacial score (nSPS) is 10.5. The van der Waals surface area contributed by atoms with Crippen molar-refractivity contribution in [3.05, 3.63) is 53.5 Å². The molecule has 19 heavy (non-hydrogen) atoms. The van der Waals surface area contributed by atoms with Crippen LogP contribution in [0.4, 0.5) is 15.9 Å². The predicted octanol–water partition coefficient (Wildman–Crippen LogP) is 3.15. The number of anilines is 2. The van der Waals surface area contributed by atoms with Crippen LogP contribution < -0.4 is 10.6 Å². The Labute approximate surface area is 112 Å². The second-order valence-corrected chi connectivity index (χ2v) is 4.40. The zero-order valence-electron chi connectivity index (χ0n) is 11.2. The zero-order valence-corrected chi connectivity index (χ0v) is 11.2. The second kappa shape index (κ2) is 5.80. The van der Waals surface area contributed by atoms with E-state index in [1.807, 2.05) is 30.9 Å². The van der Waals surface area contributed by atoms with Crippen molar-refractivity contribution in [2.45, 2.75) is 20.4 Å². The molecule has 0 radical (unpaired) electrons. The summed E-state index contributed by atoms with van der Waals surface area (Å²) in [4.78, 5) is 6.56. The number of nitrogens with zero attached hydrogens (tertiary/aromatic N) is 2. The molecular weight excluding hydrogens is 241 g/mol. The third kappa shape index (κ3) is 3.09. The number of hydrogen-bond donors (Lipinski definition) is 1. The van der Waals surface area contributed by atoms with E-state index in [1.54, 1.807) is 12.1 Å². The quantitative estimate of drug-likeness (QED) is 0.917. The Morgan fingerprint density at radius 1 is 1.21 bits per heavy atom. The lowest BCUT2D eigenvalue weighted by molar-refractivity contribution is 0.627. The number of pyridine rings is 1. The Morgan fingerprint density at radius 3 is 2.47 bits per heavy atom. The van der Waals surface area contributed by atoms with Crippen LogP contribution in [0, 0.1) is 12.7 Å². The lowest BCUT2D eigenvalue weighted by Crippen LogP contribution is -2.18. The van der Waals surface area contributed by atoms with Gasteiger partial charge in [0.15, 0.2) is 0 Å². The highest BCUT2D eigenvalue weighted by Gasteiger charge is 2.10. The molecule has 0 aliphatic rings. The summed E-state index contributed by atoms with van der Waals surface area (Å²) in [5, 5.41) is 0. The van der Waals surface area contributed by atoms with Crippen molar-refractivity contribution in [1.82, 2.24) is 4.98 Å². The molecule has 0 saturated heterocycles. The van der Waals surface area contributed by atoms with E-state index in [0.717, 1.165) is 29.3 Å². The van der Waals surface area contributed by atoms with Crippen molar-refractivity contribution < 1.29 is 4.39 Å². The van der Waals surface area contributed by atoms with Crippen LogP contribution in [0.15, 0.2) is 36.4 Å². The van der Waals surface area contributed by atoms with Crippen molar-refractivity contribution in [1.29, 1.82) is 0 Å². The van der Waals surface area contributed by atoms with Gasteiger partial charge < -0.3 is 10.6 Å². The van der Waals surface area contributed by atoms with Gasteiger partial charge in [0.2, 0.25) is 0 Å².